The maximum Gasteiger partial charge on any atom is 0.260 e. The molecule has 9 nitrogen and oxygen atoms in total. The van der Waals surface area contributed by atoms with Gasteiger partial charge in [0.2, 0.25) is 10.0 Å². The number of anilines is 1. The molecule has 31 heavy (non-hydrogen) atoms. The summed E-state index contributed by atoms with van der Waals surface area (Å²) in [6, 6.07) is 9.36. The Morgan fingerprint density at radius 1 is 1.23 bits per heavy atom. The number of benzene rings is 1. The van der Waals surface area contributed by atoms with Gasteiger partial charge >= 0.3 is 0 Å². The van der Waals surface area contributed by atoms with Gasteiger partial charge in [0.05, 0.1) is 12.3 Å². The molecule has 0 spiro atoms. The second kappa shape index (κ2) is 7.86. The van der Waals surface area contributed by atoms with E-state index in [0.29, 0.717) is 29.4 Å². The molecule has 162 valence electrons. The Morgan fingerprint density at radius 3 is 2.71 bits per heavy atom. The van der Waals surface area contributed by atoms with Crippen molar-refractivity contribution in [3.05, 3.63) is 58.9 Å². The van der Waals surface area contributed by atoms with Crippen LogP contribution in [0.2, 0.25) is 0 Å². The van der Waals surface area contributed by atoms with Gasteiger partial charge in [0, 0.05) is 11.6 Å². The lowest BCUT2D eigenvalue weighted by Gasteiger charge is -2.16. The lowest BCUT2D eigenvalue weighted by atomic mass is 9.99. The van der Waals surface area contributed by atoms with Gasteiger partial charge in [-0.3, -0.25) is 9.69 Å². The third-order valence-corrected chi connectivity index (χ3v) is 6.16. The molecule has 1 aliphatic heterocycles. The zero-order valence-corrected chi connectivity index (χ0v) is 18.4. The summed E-state index contributed by atoms with van der Waals surface area (Å²) in [5, 5.41) is 13.3. The molecule has 0 bridgehead atoms. The van der Waals surface area contributed by atoms with E-state index in [1.165, 1.54) is 0 Å². The van der Waals surface area contributed by atoms with E-state index in [0.717, 1.165) is 16.7 Å². The highest BCUT2D eigenvalue weighted by atomic mass is 32.2. The highest BCUT2D eigenvalue weighted by Gasteiger charge is 2.30. The second-order valence-electron chi connectivity index (χ2n) is 7.98. The van der Waals surface area contributed by atoms with Gasteiger partial charge in [-0.25, -0.2) is 18.5 Å². The van der Waals surface area contributed by atoms with Crippen molar-refractivity contribution in [1.29, 1.82) is 0 Å². The monoisotopic (exact) mass is 440 g/mol. The first kappa shape index (κ1) is 21.1. The number of aryl methyl sites for hydroxylation is 2. The predicted octanol–water partition coefficient (Wildman–Crippen LogP) is 2.22. The number of fused-ring (bicyclic) bond motifs is 1. The summed E-state index contributed by atoms with van der Waals surface area (Å²) in [7, 11) is -3.57. The van der Waals surface area contributed by atoms with Crippen molar-refractivity contribution in [3.8, 4) is 11.5 Å². The molecule has 10 heteroatoms. The van der Waals surface area contributed by atoms with Gasteiger partial charge in [0.15, 0.2) is 5.82 Å². The minimum absolute atomic E-state index is 0.162. The van der Waals surface area contributed by atoms with Gasteiger partial charge in [-0.2, -0.15) is 0 Å². The van der Waals surface area contributed by atoms with Crippen LogP contribution < -0.4 is 10.0 Å². The van der Waals surface area contributed by atoms with Gasteiger partial charge in [0.1, 0.15) is 17.8 Å². The van der Waals surface area contributed by atoms with E-state index >= 15 is 0 Å². The Balaban J connectivity index is 1.64. The third-order valence-electron chi connectivity index (χ3n) is 5.39. The molecule has 4 rings (SSSR count). The third kappa shape index (κ3) is 4.21. The van der Waals surface area contributed by atoms with Crippen LogP contribution in [0.4, 0.5) is 5.82 Å². The zero-order valence-electron chi connectivity index (χ0n) is 17.6. The maximum atomic E-state index is 13.1. The van der Waals surface area contributed by atoms with Crippen molar-refractivity contribution >= 4 is 21.7 Å². The number of rotatable bonds is 6. The van der Waals surface area contributed by atoms with Crippen molar-refractivity contribution in [2.75, 3.05) is 10.7 Å². The van der Waals surface area contributed by atoms with E-state index < -0.39 is 10.0 Å². The Hall–Kier alpha value is -3.11. The maximum absolute atomic E-state index is 13.1. The van der Waals surface area contributed by atoms with Crippen LogP contribution in [0, 0.1) is 6.92 Å². The first-order chi connectivity index (χ1) is 14.6. The molecule has 1 aromatic carbocycles. The summed E-state index contributed by atoms with van der Waals surface area (Å²) < 4.78 is 24.6. The fourth-order valence-corrected chi connectivity index (χ4v) is 4.24. The quantitative estimate of drug-likeness (QED) is 0.627. The Labute approximate surface area is 181 Å². The number of hydrogen-bond donors (Lipinski definition) is 1. The minimum Gasteiger partial charge on any atom is -0.310 e. The van der Waals surface area contributed by atoms with Crippen LogP contribution >= 0.6 is 0 Å². The van der Waals surface area contributed by atoms with E-state index in [1.807, 2.05) is 43.5 Å². The topological polar surface area (TPSA) is 124 Å². The van der Waals surface area contributed by atoms with E-state index in [9.17, 15) is 13.2 Å². The number of hydrogen-bond acceptors (Lipinski definition) is 6. The molecule has 3 aromatic rings. The fraction of sp³-hybridized carbons (Fsp3) is 0.333. The van der Waals surface area contributed by atoms with Crippen molar-refractivity contribution in [1.82, 2.24) is 19.7 Å². The molecule has 2 aromatic heterocycles. The van der Waals surface area contributed by atoms with E-state index in [4.69, 9.17) is 5.14 Å². The van der Waals surface area contributed by atoms with E-state index in [2.05, 4.69) is 15.2 Å². The zero-order chi connectivity index (χ0) is 22.3. The number of aromatic nitrogens is 4. The molecule has 0 atom stereocenters. The predicted molar refractivity (Wildman–Crippen MR) is 117 cm³/mol. The molecule has 0 radical (unpaired) electrons. The van der Waals surface area contributed by atoms with Crippen molar-refractivity contribution < 1.29 is 13.2 Å². The first-order valence-electron chi connectivity index (χ1n) is 9.95. The van der Waals surface area contributed by atoms with Crippen LogP contribution in [0.15, 0.2) is 36.7 Å². The average molecular weight is 441 g/mol. The number of sulfonamides is 1. The Bertz CT molecular complexity index is 1270. The van der Waals surface area contributed by atoms with Crippen molar-refractivity contribution in [2.24, 2.45) is 5.14 Å². The van der Waals surface area contributed by atoms with Gasteiger partial charge < -0.3 is 4.57 Å². The van der Waals surface area contributed by atoms with E-state index in [1.54, 1.807) is 23.4 Å². The van der Waals surface area contributed by atoms with Crippen LogP contribution in [0.5, 0.6) is 0 Å². The Kier molecular flexibility index (Phi) is 5.36. The van der Waals surface area contributed by atoms with Crippen LogP contribution in [-0.2, 0) is 23.0 Å². The SMILES string of the molecule is Cc1cc2c(cc1CCS(N)(=O)=O)C(=O)N(c1cccc(-c3nncn3C(C)C)n1)C2. The van der Waals surface area contributed by atoms with Crippen LogP contribution in [-0.4, -0.2) is 39.8 Å². The molecular weight excluding hydrogens is 416 g/mol. The molecule has 0 saturated carbocycles. The molecule has 0 aliphatic carbocycles. The summed E-state index contributed by atoms with van der Waals surface area (Å²) in [4.78, 5) is 19.4. The smallest absolute Gasteiger partial charge is 0.260 e. The second-order valence-corrected chi connectivity index (χ2v) is 9.71. The molecule has 1 aliphatic rings. The van der Waals surface area contributed by atoms with Gasteiger partial charge in [-0.05, 0) is 62.1 Å². The lowest BCUT2D eigenvalue weighted by molar-refractivity contribution is 0.0996. The van der Waals surface area contributed by atoms with Crippen LogP contribution in [0.3, 0.4) is 0 Å². The summed E-state index contributed by atoms with van der Waals surface area (Å²) in [5.41, 5.74) is 3.82. The highest BCUT2D eigenvalue weighted by Crippen LogP contribution is 2.31. The summed E-state index contributed by atoms with van der Waals surface area (Å²) in [5.74, 6) is 0.842. The van der Waals surface area contributed by atoms with Crippen LogP contribution in [0.1, 0.15) is 46.9 Å². The highest BCUT2D eigenvalue weighted by molar-refractivity contribution is 7.89. The first-order valence-corrected chi connectivity index (χ1v) is 11.7. The number of pyridine rings is 1. The largest absolute Gasteiger partial charge is 0.310 e. The standard InChI is InChI=1S/C21H24N6O3S/c1-13(2)27-12-23-25-20(27)18-5-4-6-19(24-18)26-11-16-9-14(3)15(7-8-31(22,29)30)10-17(16)21(26)28/h4-6,9-10,12-13H,7-8,11H2,1-3H3,(H2,22,29,30). The molecule has 1 amide bonds. The molecule has 3 heterocycles. The van der Waals surface area contributed by atoms with Gasteiger partial charge in [0.25, 0.3) is 5.91 Å². The number of amides is 1. The average Bonchev–Trinajstić information content (AvgIpc) is 3.31. The number of nitrogens with zero attached hydrogens (tertiary/aromatic N) is 5. The van der Waals surface area contributed by atoms with Crippen molar-refractivity contribution in [2.45, 2.75) is 39.8 Å². The summed E-state index contributed by atoms with van der Waals surface area (Å²) >= 11 is 0. The van der Waals surface area contributed by atoms with E-state index in [-0.39, 0.29) is 24.1 Å². The number of primary sulfonamides is 1. The lowest BCUT2D eigenvalue weighted by Crippen LogP contribution is -2.24. The number of carbonyl (C=O) groups is 1. The summed E-state index contributed by atoms with van der Waals surface area (Å²) in [6.45, 7) is 6.38. The molecule has 2 N–H and O–H groups in total. The van der Waals surface area contributed by atoms with Gasteiger partial charge in [-0.15, -0.1) is 10.2 Å². The van der Waals surface area contributed by atoms with Gasteiger partial charge in [-0.1, -0.05) is 12.1 Å². The van der Waals surface area contributed by atoms with Crippen molar-refractivity contribution in [3.63, 3.8) is 0 Å². The number of carbonyl (C=O) groups excluding carboxylic acids is 1. The summed E-state index contributed by atoms with van der Waals surface area (Å²) in [6.07, 6.45) is 1.93. The molecule has 0 saturated heterocycles. The molecule has 0 fully saturated rings. The normalized spacial score (nSPS) is 13.8. The fourth-order valence-electron chi connectivity index (χ4n) is 3.74. The molecular formula is C21H24N6O3S. The Morgan fingerprint density at radius 2 is 2.00 bits per heavy atom. The molecule has 0 unspecified atom stereocenters. The van der Waals surface area contributed by atoms with Crippen LogP contribution in [0.25, 0.3) is 11.5 Å². The minimum atomic E-state index is -3.57. The number of nitrogens with two attached hydrogens (primary N) is 1.